The number of nitrogens with zero attached hydrogens (tertiary/aromatic N) is 4. The van der Waals surface area contributed by atoms with Crippen LogP contribution < -0.4 is 15.4 Å². The van der Waals surface area contributed by atoms with Crippen molar-refractivity contribution in [3.05, 3.63) is 71.4 Å². The Kier molecular flexibility index (Phi) is 9.77. The van der Waals surface area contributed by atoms with E-state index in [2.05, 4.69) is 52.6 Å². The Morgan fingerprint density at radius 2 is 1.94 bits per heavy atom. The van der Waals surface area contributed by atoms with Gasteiger partial charge in [0, 0.05) is 37.2 Å². The molecule has 2 N–H and O–H groups in total. The summed E-state index contributed by atoms with van der Waals surface area (Å²) in [5.74, 6) is 3.44. The van der Waals surface area contributed by atoms with Gasteiger partial charge in [-0.1, -0.05) is 18.2 Å². The summed E-state index contributed by atoms with van der Waals surface area (Å²) in [4.78, 5) is 13.5. The van der Waals surface area contributed by atoms with Crippen LogP contribution in [0.2, 0.25) is 0 Å². The standard InChI is InChI=1S/C23H30N6O.HI/c1-5-24-23(28-16-20-9-7-17(3)13-21(20)30-6-2)27-15-19-8-10-22(26-14-19)29-12-11-25-18(29)4;/h7-14H,5-6,15-16H2,1-4H3,(H2,24,27,28);1H. The van der Waals surface area contributed by atoms with Gasteiger partial charge in [-0.15, -0.1) is 24.0 Å². The lowest BCUT2D eigenvalue weighted by molar-refractivity contribution is 0.336. The van der Waals surface area contributed by atoms with E-state index < -0.39 is 0 Å². The Morgan fingerprint density at radius 1 is 1.10 bits per heavy atom. The van der Waals surface area contributed by atoms with Crippen molar-refractivity contribution in [2.24, 2.45) is 4.99 Å². The van der Waals surface area contributed by atoms with Gasteiger partial charge in [0.05, 0.1) is 13.2 Å². The maximum absolute atomic E-state index is 5.77. The molecule has 0 radical (unpaired) electrons. The molecule has 0 aliphatic rings. The topological polar surface area (TPSA) is 76.4 Å². The molecular weight excluding hydrogens is 503 g/mol. The summed E-state index contributed by atoms with van der Waals surface area (Å²) in [5.41, 5.74) is 3.33. The molecule has 0 aliphatic carbocycles. The van der Waals surface area contributed by atoms with Gasteiger partial charge in [-0.05, 0) is 51.0 Å². The quantitative estimate of drug-likeness (QED) is 0.258. The highest BCUT2D eigenvalue weighted by Crippen LogP contribution is 2.20. The number of hydrogen-bond donors (Lipinski definition) is 2. The second kappa shape index (κ2) is 12.3. The molecule has 0 amide bonds. The predicted molar refractivity (Wildman–Crippen MR) is 136 cm³/mol. The molecule has 8 heteroatoms. The van der Waals surface area contributed by atoms with Gasteiger partial charge < -0.3 is 15.4 Å². The molecule has 0 saturated heterocycles. The van der Waals surface area contributed by atoms with E-state index in [1.165, 1.54) is 5.56 Å². The van der Waals surface area contributed by atoms with Gasteiger partial charge in [0.1, 0.15) is 17.4 Å². The zero-order valence-corrected chi connectivity index (χ0v) is 20.9. The van der Waals surface area contributed by atoms with Crippen LogP contribution in [-0.4, -0.2) is 33.6 Å². The van der Waals surface area contributed by atoms with Crippen molar-refractivity contribution in [3.8, 4) is 11.6 Å². The van der Waals surface area contributed by atoms with E-state index in [-0.39, 0.29) is 24.0 Å². The van der Waals surface area contributed by atoms with Crippen molar-refractivity contribution in [1.29, 1.82) is 0 Å². The molecule has 1 aromatic carbocycles. The molecule has 7 nitrogen and oxygen atoms in total. The number of benzene rings is 1. The Labute approximate surface area is 201 Å². The minimum atomic E-state index is 0. The van der Waals surface area contributed by atoms with E-state index >= 15 is 0 Å². The predicted octanol–water partition coefficient (Wildman–Crippen LogP) is 4.16. The second-order valence-electron chi connectivity index (χ2n) is 6.96. The van der Waals surface area contributed by atoms with Crippen LogP contribution in [0.25, 0.3) is 5.82 Å². The smallest absolute Gasteiger partial charge is 0.191 e. The van der Waals surface area contributed by atoms with Crippen LogP contribution in [0.15, 0.2) is 53.9 Å². The number of rotatable bonds is 8. The van der Waals surface area contributed by atoms with Crippen molar-refractivity contribution < 1.29 is 4.74 Å². The fraction of sp³-hybridized carbons (Fsp3) is 0.348. The highest BCUT2D eigenvalue weighted by molar-refractivity contribution is 14.0. The van der Waals surface area contributed by atoms with Crippen LogP contribution in [0.4, 0.5) is 0 Å². The number of aliphatic imine (C=N–C) groups is 1. The van der Waals surface area contributed by atoms with Gasteiger partial charge in [0.15, 0.2) is 5.96 Å². The molecule has 0 saturated carbocycles. The highest BCUT2D eigenvalue weighted by Gasteiger charge is 2.06. The summed E-state index contributed by atoms with van der Waals surface area (Å²) in [5, 5.41) is 6.69. The summed E-state index contributed by atoms with van der Waals surface area (Å²) in [6.07, 6.45) is 5.54. The minimum Gasteiger partial charge on any atom is -0.494 e. The van der Waals surface area contributed by atoms with Gasteiger partial charge >= 0.3 is 0 Å². The number of hydrogen-bond acceptors (Lipinski definition) is 4. The number of ether oxygens (including phenoxy) is 1. The van der Waals surface area contributed by atoms with E-state index in [0.717, 1.165) is 41.0 Å². The molecule has 166 valence electrons. The van der Waals surface area contributed by atoms with Gasteiger partial charge in [0.2, 0.25) is 0 Å². The van der Waals surface area contributed by atoms with Crippen LogP contribution in [0.5, 0.6) is 5.75 Å². The molecule has 0 unspecified atom stereocenters. The second-order valence-corrected chi connectivity index (χ2v) is 6.96. The van der Waals surface area contributed by atoms with E-state index in [0.29, 0.717) is 19.7 Å². The van der Waals surface area contributed by atoms with Crippen molar-refractivity contribution in [2.75, 3.05) is 13.2 Å². The van der Waals surface area contributed by atoms with Crippen LogP contribution in [0.1, 0.15) is 36.4 Å². The lowest BCUT2D eigenvalue weighted by Gasteiger charge is -2.15. The molecule has 0 fully saturated rings. The normalized spacial score (nSPS) is 11.0. The van der Waals surface area contributed by atoms with Crippen molar-refractivity contribution in [2.45, 2.75) is 40.8 Å². The molecule has 31 heavy (non-hydrogen) atoms. The first kappa shape index (κ1) is 24.6. The molecule has 0 spiro atoms. The molecule has 0 aliphatic heterocycles. The summed E-state index contributed by atoms with van der Waals surface area (Å²) >= 11 is 0. The first-order valence-corrected chi connectivity index (χ1v) is 10.3. The Bertz CT molecular complexity index is 984. The average Bonchev–Trinajstić information content (AvgIpc) is 3.17. The summed E-state index contributed by atoms with van der Waals surface area (Å²) in [6, 6.07) is 10.3. The average molecular weight is 534 g/mol. The third-order valence-corrected chi connectivity index (χ3v) is 4.61. The summed E-state index contributed by atoms with van der Waals surface area (Å²) in [6.45, 7) is 10.7. The third-order valence-electron chi connectivity index (χ3n) is 4.61. The number of nitrogens with one attached hydrogen (secondary N) is 2. The molecule has 2 aromatic heterocycles. The number of aromatic nitrogens is 3. The first-order valence-electron chi connectivity index (χ1n) is 10.3. The lowest BCUT2D eigenvalue weighted by atomic mass is 10.1. The third kappa shape index (κ3) is 6.95. The summed E-state index contributed by atoms with van der Waals surface area (Å²) in [7, 11) is 0. The molecule has 0 bridgehead atoms. The van der Waals surface area contributed by atoms with Crippen LogP contribution in [-0.2, 0) is 13.1 Å². The molecule has 3 aromatic rings. The fourth-order valence-corrected chi connectivity index (χ4v) is 3.06. The Balaban J connectivity index is 0.00000341. The maximum atomic E-state index is 5.77. The van der Waals surface area contributed by atoms with Crippen molar-refractivity contribution in [3.63, 3.8) is 0 Å². The van der Waals surface area contributed by atoms with Crippen molar-refractivity contribution >= 4 is 29.9 Å². The zero-order valence-electron chi connectivity index (χ0n) is 18.6. The fourth-order valence-electron chi connectivity index (χ4n) is 3.06. The SMILES string of the molecule is CCNC(=NCc1ccc(-n2ccnc2C)nc1)NCc1ccc(C)cc1OCC.I. The minimum absolute atomic E-state index is 0. The zero-order chi connectivity index (χ0) is 21.3. The number of imidazole rings is 1. The number of halogens is 1. The molecule has 0 atom stereocenters. The highest BCUT2D eigenvalue weighted by atomic mass is 127. The monoisotopic (exact) mass is 534 g/mol. The van der Waals surface area contributed by atoms with Gasteiger partial charge in [-0.3, -0.25) is 4.57 Å². The van der Waals surface area contributed by atoms with E-state index in [1.807, 2.05) is 42.9 Å². The van der Waals surface area contributed by atoms with Gasteiger partial charge in [0.25, 0.3) is 0 Å². The number of aryl methyl sites for hydroxylation is 2. The Morgan fingerprint density at radius 3 is 2.58 bits per heavy atom. The van der Waals surface area contributed by atoms with Crippen LogP contribution in [0, 0.1) is 13.8 Å². The van der Waals surface area contributed by atoms with E-state index in [9.17, 15) is 0 Å². The number of guanidine groups is 1. The van der Waals surface area contributed by atoms with E-state index in [4.69, 9.17) is 9.73 Å². The van der Waals surface area contributed by atoms with E-state index in [1.54, 1.807) is 6.20 Å². The number of pyridine rings is 1. The molecule has 2 heterocycles. The van der Waals surface area contributed by atoms with Crippen molar-refractivity contribution in [1.82, 2.24) is 25.2 Å². The Hall–Kier alpha value is -2.62. The lowest BCUT2D eigenvalue weighted by Crippen LogP contribution is -2.36. The van der Waals surface area contributed by atoms with Crippen LogP contribution >= 0.6 is 24.0 Å². The van der Waals surface area contributed by atoms with Crippen LogP contribution in [0.3, 0.4) is 0 Å². The summed E-state index contributed by atoms with van der Waals surface area (Å²) < 4.78 is 7.73. The first-order chi connectivity index (χ1) is 14.6. The van der Waals surface area contributed by atoms with Gasteiger partial charge in [-0.2, -0.15) is 0 Å². The largest absolute Gasteiger partial charge is 0.494 e. The molecular formula is C23H31IN6O. The maximum Gasteiger partial charge on any atom is 0.191 e. The van der Waals surface area contributed by atoms with Gasteiger partial charge in [-0.25, -0.2) is 15.0 Å². The molecule has 3 rings (SSSR count).